The van der Waals surface area contributed by atoms with E-state index in [0.717, 1.165) is 66.5 Å². The van der Waals surface area contributed by atoms with Gasteiger partial charge >= 0.3 is 0 Å². The molecule has 1 amide bonds. The predicted octanol–water partition coefficient (Wildman–Crippen LogP) is 6.01. The van der Waals surface area contributed by atoms with Gasteiger partial charge in [-0.3, -0.25) is 4.79 Å². The summed E-state index contributed by atoms with van der Waals surface area (Å²) in [7, 11) is 0. The number of aromatic amines is 1. The predicted molar refractivity (Wildman–Crippen MR) is 142 cm³/mol. The van der Waals surface area contributed by atoms with Crippen LogP contribution >= 0.6 is 0 Å². The number of amides is 1. The Morgan fingerprint density at radius 2 is 1.69 bits per heavy atom. The molecule has 6 nitrogen and oxygen atoms in total. The number of benzene rings is 4. The van der Waals surface area contributed by atoms with Crippen LogP contribution in [0.4, 0.5) is 11.5 Å². The van der Waals surface area contributed by atoms with Crippen molar-refractivity contribution in [2.75, 3.05) is 5.32 Å². The first kappa shape index (κ1) is 20.9. The highest BCUT2D eigenvalue weighted by atomic mass is 16.1. The second kappa shape index (κ2) is 8.25. The van der Waals surface area contributed by atoms with Crippen molar-refractivity contribution < 1.29 is 4.79 Å². The molecule has 170 valence electrons. The number of hydrogen-bond donors (Lipinski definition) is 3. The molecule has 2 heterocycles. The van der Waals surface area contributed by atoms with Crippen LogP contribution in [-0.2, 0) is 11.2 Å². The number of carbonyl (C=O) groups is 1. The largest absolute Gasteiger partial charge is 0.369 e. The minimum Gasteiger partial charge on any atom is -0.369 e. The van der Waals surface area contributed by atoms with Crippen molar-refractivity contribution in [3.8, 4) is 11.1 Å². The number of aromatic nitrogens is 3. The van der Waals surface area contributed by atoms with Crippen molar-refractivity contribution in [2.24, 2.45) is 5.73 Å². The molecule has 2 aromatic heterocycles. The maximum atomic E-state index is 11.7. The van der Waals surface area contributed by atoms with Gasteiger partial charge in [0, 0.05) is 27.4 Å². The van der Waals surface area contributed by atoms with Crippen molar-refractivity contribution >= 4 is 50.1 Å². The van der Waals surface area contributed by atoms with Crippen molar-refractivity contribution in [1.82, 2.24) is 15.0 Å². The highest BCUT2D eigenvalue weighted by Crippen LogP contribution is 2.39. The molecule has 6 rings (SSSR count). The molecule has 0 unspecified atom stereocenters. The standard InChI is InChI=1S/C29H23N5O/c1-17-19(9-6-12-23(17)34-29-22-8-3-4-10-24(22)31-16-32-29)20-14-13-18(15-26(30)35)28-27(20)21-7-2-5-11-25(21)33-28/h2-14,16,33H,15H2,1H3,(H2,30,35)(H,31,32,34). The Morgan fingerprint density at radius 1 is 0.886 bits per heavy atom. The summed E-state index contributed by atoms with van der Waals surface area (Å²) in [6.07, 6.45) is 1.77. The SMILES string of the molecule is Cc1c(Nc2ncnc3ccccc23)cccc1-c1ccc(CC(N)=O)c2[nH]c3ccccc3c12. The summed E-state index contributed by atoms with van der Waals surface area (Å²) in [6.45, 7) is 2.11. The van der Waals surface area contributed by atoms with Crippen LogP contribution in [0.15, 0.2) is 85.2 Å². The van der Waals surface area contributed by atoms with E-state index in [9.17, 15) is 4.79 Å². The number of rotatable bonds is 5. The topological polar surface area (TPSA) is 96.7 Å². The van der Waals surface area contributed by atoms with Gasteiger partial charge < -0.3 is 16.0 Å². The molecular formula is C29H23N5O. The maximum Gasteiger partial charge on any atom is 0.221 e. The normalized spacial score (nSPS) is 11.3. The molecule has 0 spiro atoms. The average Bonchev–Trinajstić information content (AvgIpc) is 3.26. The number of anilines is 2. The van der Waals surface area contributed by atoms with Crippen molar-refractivity contribution in [1.29, 1.82) is 0 Å². The van der Waals surface area contributed by atoms with Crippen LogP contribution in [0.2, 0.25) is 0 Å². The summed E-state index contributed by atoms with van der Waals surface area (Å²) in [5, 5.41) is 6.69. The van der Waals surface area contributed by atoms with Gasteiger partial charge in [-0.2, -0.15) is 0 Å². The first-order valence-corrected chi connectivity index (χ1v) is 11.5. The summed E-state index contributed by atoms with van der Waals surface area (Å²) in [4.78, 5) is 24.1. The molecule has 0 aliphatic carbocycles. The zero-order valence-corrected chi connectivity index (χ0v) is 19.2. The van der Waals surface area contributed by atoms with Gasteiger partial charge in [-0.15, -0.1) is 0 Å². The lowest BCUT2D eigenvalue weighted by Crippen LogP contribution is -2.13. The van der Waals surface area contributed by atoms with Crippen molar-refractivity contribution in [3.63, 3.8) is 0 Å². The molecule has 4 N–H and O–H groups in total. The molecule has 0 fully saturated rings. The average molecular weight is 458 g/mol. The van der Waals surface area contributed by atoms with E-state index in [1.807, 2.05) is 48.5 Å². The van der Waals surface area contributed by atoms with Crippen LogP contribution in [0, 0.1) is 6.92 Å². The van der Waals surface area contributed by atoms with Crippen molar-refractivity contribution in [3.05, 3.63) is 96.3 Å². The highest BCUT2D eigenvalue weighted by molar-refractivity contribution is 6.16. The Bertz CT molecular complexity index is 1750. The molecule has 0 radical (unpaired) electrons. The van der Waals surface area contributed by atoms with Crippen LogP contribution in [0.1, 0.15) is 11.1 Å². The Hall–Kier alpha value is -4.71. The molecule has 0 saturated heterocycles. The summed E-state index contributed by atoms with van der Waals surface area (Å²) >= 11 is 0. The fourth-order valence-corrected chi connectivity index (χ4v) is 4.87. The fourth-order valence-electron chi connectivity index (χ4n) is 4.87. The monoisotopic (exact) mass is 457 g/mol. The zero-order chi connectivity index (χ0) is 23.9. The Labute approximate surface area is 201 Å². The molecule has 0 aliphatic heterocycles. The number of fused-ring (bicyclic) bond motifs is 4. The molecular weight excluding hydrogens is 434 g/mol. The quantitative estimate of drug-likeness (QED) is 0.295. The Balaban J connectivity index is 1.53. The van der Waals surface area contributed by atoms with E-state index >= 15 is 0 Å². The highest BCUT2D eigenvalue weighted by Gasteiger charge is 2.17. The number of primary amides is 1. The van der Waals surface area contributed by atoms with Gasteiger partial charge in [0.15, 0.2) is 0 Å². The van der Waals surface area contributed by atoms with E-state index in [0.29, 0.717) is 0 Å². The first-order valence-electron chi connectivity index (χ1n) is 11.5. The van der Waals surface area contributed by atoms with Crippen molar-refractivity contribution in [2.45, 2.75) is 13.3 Å². The lowest BCUT2D eigenvalue weighted by atomic mass is 9.93. The number of nitrogens with one attached hydrogen (secondary N) is 2. The lowest BCUT2D eigenvalue weighted by Gasteiger charge is -2.16. The van der Waals surface area contributed by atoms with Gasteiger partial charge in [-0.1, -0.05) is 54.6 Å². The van der Waals surface area contributed by atoms with Crippen LogP contribution in [-0.4, -0.2) is 20.9 Å². The van der Waals surface area contributed by atoms with E-state index < -0.39 is 0 Å². The van der Waals surface area contributed by atoms with Gasteiger partial charge in [0.1, 0.15) is 12.1 Å². The number of nitrogens with two attached hydrogens (primary N) is 1. The van der Waals surface area contributed by atoms with Gasteiger partial charge in [-0.05, 0) is 53.4 Å². The lowest BCUT2D eigenvalue weighted by molar-refractivity contribution is -0.117. The second-order valence-corrected chi connectivity index (χ2v) is 8.68. The second-order valence-electron chi connectivity index (χ2n) is 8.68. The van der Waals surface area contributed by atoms with E-state index in [4.69, 9.17) is 5.73 Å². The summed E-state index contributed by atoms with van der Waals surface area (Å²) in [5.41, 5.74) is 13.6. The minimum atomic E-state index is -0.350. The number of H-pyrrole nitrogens is 1. The zero-order valence-electron chi connectivity index (χ0n) is 19.2. The third kappa shape index (κ3) is 3.56. The number of hydrogen-bond acceptors (Lipinski definition) is 4. The van der Waals surface area contributed by atoms with Crippen LogP contribution in [0.5, 0.6) is 0 Å². The number of carbonyl (C=O) groups excluding carboxylic acids is 1. The molecule has 0 aliphatic rings. The minimum absolute atomic E-state index is 0.185. The summed E-state index contributed by atoms with van der Waals surface area (Å²) in [5.74, 6) is 0.419. The van der Waals surface area contributed by atoms with Crippen LogP contribution in [0.25, 0.3) is 43.8 Å². The molecule has 0 bridgehead atoms. The smallest absolute Gasteiger partial charge is 0.221 e. The van der Waals surface area contributed by atoms with Gasteiger partial charge in [0.05, 0.1) is 17.5 Å². The number of nitrogens with zero attached hydrogens (tertiary/aromatic N) is 2. The summed E-state index contributed by atoms with van der Waals surface area (Å²) in [6, 6.07) is 26.5. The maximum absolute atomic E-state index is 11.7. The van der Waals surface area contributed by atoms with E-state index in [1.165, 1.54) is 0 Å². The van der Waals surface area contributed by atoms with Gasteiger partial charge in [0.2, 0.25) is 5.91 Å². The molecule has 0 atom stereocenters. The van der Waals surface area contributed by atoms with E-state index in [-0.39, 0.29) is 12.3 Å². The number of para-hydroxylation sites is 2. The third-order valence-electron chi connectivity index (χ3n) is 6.53. The van der Waals surface area contributed by atoms with Crippen LogP contribution < -0.4 is 11.1 Å². The summed E-state index contributed by atoms with van der Waals surface area (Å²) < 4.78 is 0. The third-order valence-corrected chi connectivity index (χ3v) is 6.53. The van der Waals surface area contributed by atoms with Crippen LogP contribution in [0.3, 0.4) is 0 Å². The fraction of sp³-hybridized carbons (Fsp3) is 0.0690. The molecule has 4 aromatic carbocycles. The molecule has 6 aromatic rings. The van der Waals surface area contributed by atoms with Gasteiger partial charge in [-0.25, -0.2) is 9.97 Å². The Kier molecular flexibility index (Phi) is 4.92. The molecule has 35 heavy (non-hydrogen) atoms. The van der Waals surface area contributed by atoms with E-state index in [2.05, 4.69) is 57.5 Å². The molecule has 0 saturated carbocycles. The van der Waals surface area contributed by atoms with Gasteiger partial charge in [0.25, 0.3) is 0 Å². The van der Waals surface area contributed by atoms with E-state index in [1.54, 1.807) is 6.33 Å². The first-order chi connectivity index (χ1) is 17.1. The molecule has 6 heteroatoms. The Morgan fingerprint density at radius 3 is 2.54 bits per heavy atom.